The molecule has 0 saturated carbocycles. The van der Waals surface area contributed by atoms with Crippen LogP contribution in [0, 0.1) is 6.92 Å². The number of nitrogens with two attached hydrogens (primary N) is 1. The Morgan fingerprint density at radius 3 is 2.32 bits per heavy atom. The lowest BCUT2D eigenvalue weighted by molar-refractivity contribution is 0.105. The fourth-order valence-corrected chi connectivity index (χ4v) is 3.11. The Hall–Kier alpha value is -1.15. The van der Waals surface area contributed by atoms with Gasteiger partial charge in [-0.15, -0.1) is 0 Å². The molecule has 0 atom stereocenters. The molecule has 1 rings (SSSR count). The van der Waals surface area contributed by atoms with Gasteiger partial charge in [0.05, 0.1) is 23.6 Å². The topological polar surface area (TPSA) is 113 Å². The van der Waals surface area contributed by atoms with Gasteiger partial charge in [0.2, 0.25) is 10.0 Å². The van der Waals surface area contributed by atoms with Crippen molar-refractivity contribution in [1.82, 2.24) is 4.72 Å². The molecule has 5 N–H and O–H groups in total. The number of rotatable bonds is 6. The summed E-state index contributed by atoms with van der Waals surface area (Å²) in [5, 5.41) is 18.6. The summed E-state index contributed by atoms with van der Waals surface area (Å²) >= 11 is 0. The minimum atomic E-state index is -3.82. The second kappa shape index (κ2) is 5.87. The molecule has 0 aromatic heterocycles. The van der Waals surface area contributed by atoms with Gasteiger partial charge in [-0.25, -0.2) is 13.1 Å². The first kappa shape index (κ1) is 15.9. The first-order valence-corrected chi connectivity index (χ1v) is 7.40. The van der Waals surface area contributed by atoms with Gasteiger partial charge < -0.3 is 15.9 Å². The molecule has 0 saturated heterocycles. The largest absolute Gasteiger partial charge is 0.399 e. The zero-order valence-corrected chi connectivity index (χ0v) is 11.9. The highest BCUT2D eigenvalue weighted by Crippen LogP contribution is 2.19. The molecule has 0 aliphatic heterocycles. The van der Waals surface area contributed by atoms with Crippen molar-refractivity contribution in [2.75, 3.05) is 18.9 Å². The number of nitrogen functional groups attached to an aromatic ring is 1. The van der Waals surface area contributed by atoms with Gasteiger partial charge in [-0.2, -0.15) is 0 Å². The van der Waals surface area contributed by atoms with E-state index in [-0.39, 0.29) is 11.3 Å². The van der Waals surface area contributed by atoms with Crippen molar-refractivity contribution >= 4 is 15.7 Å². The maximum absolute atomic E-state index is 12.2. The molecule has 1 aromatic rings. The highest BCUT2D eigenvalue weighted by atomic mass is 32.2. The summed E-state index contributed by atoms with van der Waals surface area (Å²) in [6, 6.07) is 4.35. The van der Waals surface area contributed by atoms with Crippen LogP contribution < -0.4 is 10.5 Å². The van der Waals surface area contributed by atoms with Gasteiger partial charge in [0, 0.05) is 5.69 Å². The van der Waals surface area contributed by atoms with Gasteiger partial charge in [-0.1, -0.05) is 6.92 Å². The number of nitrogens with one attached hydrogen (secondary N) is 1. The second-order valence-electron chi connectivity index (χ2n) is 4.57. The fraction of sp³-hybridized carbons (Fsp3) is 0.500. The van der Waals surface area contributed by atoms with Crippen LogP contribution in [0.2, 0.25) is 0 Å². The Balaban J connectivity index is 3.14. The van der Waals surface area contributed by atoms with Crippen molar-refractivity contribution < 1.29 is 18.6 Å². The number of hydrogen-bond donors (Lipinski definition) is 4. The summed E-state index contributed by atoms with van der Waals surface area (Å²) in [4.78, 5) is 0.0546. The van der Waals surface area contributed by atoms with E-state index in [1.54, 1.807) is 13.8 Å². The maximum Gasteiger partial charge on any atom is 0.241 e. The molecule has 0 heterocycles. The Kier molecular flexibility index (Phi) is 4.92. The number of benzene rings is 1. The van der Waals surface area contributed by atoms with E-state index in [9.17, 15) is 18.6 Å². The summed E-state index contributed by atoms with van der Waals surface area (Å²) in [5.41, 5.74) is 5.54. The van der Waals surface area contributed by atoms with E-state index in [2.05, 4.69) is 4.72 Å². The fourth-order valence-electron chi connectivity index (χ4n) is 1.57. The third kappa shape index (κ3) is 3.44. The quantitative estimate of drug-likeness (QED) is 0.550. The zero-order chi connectivity index (χ0) is 14.7. The van der Waals surface area contributed by atoms with Crippen molar-refractivity contribution in [2.24, 2.45) is 0 Å². The average molecular weight is 288 g/mol. The molecule has 108 valence electrons. The van der Waals surface area contributed by atoms with Crippen LogP contribution in [0.15, 0.2) is 23.1 Å². The van der Waals surface area contributed by atoms with E-state index in [1.807, 2.05) is 0 Å². The van der Waals surface area contributed by atoms with Crippen LogP contribution in [0.25, 0.3) is 0 Å². The van der Waals surface area contributed by atoms with E-state index in [4.69, 9.17) is 5.73 Å². The van der Waals surface area contributed by atoms with Gasteiger partial charge >= 0.3 is 0 Å². The Morgan fingerprint density at radius 1 is 1.32 bits per heavy atom. The van der Waals surface area contributed by atoms with Crippen LogP contribution in [0.3, 0.4) is 0 Å². The number of sulfonamides is 1. The number of anilines is 1. The molecule has 19 heavy (non-hydrogen) atoms. The van der Waals surface area contributed by atoms with Crippen LogP contribution in [0.1, 0.15) is 18.9 Å². The van der Waals surface area contributed by atoms with Crippen molar-refractivity contribution in [3.8, 4) is 0 Å². The summed E-state index contributed by atoms with van der Waals surface area (Å²) < 4.78 is 26.8. The maximum atomic E-state index is 12.2. The Bertz CT molecular complexity index is 530. The van der Waals surface area contributed by atoms with E-state index in [0.29, 0.717) is 11.3 Å². The standard InChI is InChI=1S/C12H20N2O4S/c1-3-12(7-15,8-16)14-19(17,18)10-4-5-11(13)9(2)6-10/h4-6,14-16H,3,7-8,13H2,1-2H3. The van der Waals surface area contributed by atoms with Gasteiger partial charge in [0.15, 0.2) is 0 Å². The van der Waals surface area contributed by atoms with Crippen molar-refractivity contribution in [3.63, 3.8) is 0 Å². The first-order chi connectivity index (χ1) is 8.80. The normalized spacial score (nSPS) is 12.6. The van der Waals surface area contributed by atoms with E-state index >= 15 is 0 Å². The van der Waals surface area contributed by atoms with Gasteiger partial charge in [-0.05, 0) is 37.1 Å². The number of aliphatic hydroxyl groups excluding tert-OH is 2. The average Bonchev–Trinajstić information content (AvgIpc) is 2.39. The SMILES string of the molecule is CCC(CO)(CO)NS(=O)(=O)c1ccc(N)c(C)c1. The highest BCUT2D eigenvalue weighted by molar-refractivity contribution is 7.89. The van der Waals surface area contributed by atoms with Crippen LogP contribution >= 0.6 is 0 Å². The molecule has 0 bridgehead atoms. The second-order valence-corrected chi connectivity index (χ2v) is 6.26. The number of aryl methyl sites for hydroxylation is 1. The van der Waals surface area contributed by atoms with Crippen LogP contribution in [-0.4, -0.2) is 37.4 Å². The zero-order valence-electron chi connectivity index (χ0n) is 11.0. The molecular formula is C12H20N2O4S. The molecule has 0 unspecified atom stereocenters. The monoisotopic (exact) mass is 288 g/mol. The molecule has 0 aliphatic rings. The van der Waals surface area contributed by atoms with Gasteiger partial charge in [-0.3, -0.25) is 0 Å². The third-order valence-electron chi connectivity index (χ3n) is 3.18. The van der Waals surface area contributed by atoms with E-state index in [1.165, 1.54) is 18.2 Å². The molecule has 0 radical (unpaired) electrons. The van der Waals surface area contributed by atoms with Crippen molar-refractivity contribution in [2.45, 2.75) is 30.7 Å². The molecule has 0 amide bonds. The molecule has 0 spiro atoms. The summed E-state index contributed by atoms with van der Waals surface area (Å²) in [5.74, 6) is 0. The smallest absolute Gasteiger partial charge is 0.241 e. The Labute approximate surface area is 113 Å². The minimum absolute atomic E-state index is 0.0546. The molecule has 7 heteroatoms. The van der Waals surface area contributed by atoms with E-state index in [0.717, 1.165) is 0 Å². The third-order valence-corrected chi connectivity index (χ3v) is 4.76. The number of aliphatic hydroxyl groups is 2. The van der Waals surface area contributed by atoms with Gasteiger partial charge in [0.1, 0.15) is 0 Å². The molecule has 0 fully saturated rings. The lowest BCUT2D eigenvalue weighted by Gasteiger charge is -2.29. The minimum Gasteiger partial charge on any atom is -0.399 e. The Morgan fingerprint density at radius 2 is 1.89 bits per heavy atom. The summed E-state index contributed by atoms with van der Waals surface area (Å²) in [7, 11) is -3.82. The molecule has 6 nitrogen and oxygen atoms in total. The summed E-state index contributed by atoms with van der Waals surface area (Å²) in [6.07, 6.45) is 0.271. The lowest BCUT2D eigenvalue weighted by atomic mass is 10.0. The molecule has 0 aliphatic carbocycles. The van der Waals surface area contributed by atoms with Crippen LogP contribution in [0.5, 0.6) is 0 Å². The van der Waals surface area contributed by atoms with Crippen molar-refractivity contribution in [3.05, 3.63) is 23.8 Å². The first-order valence-electron chi connectivity index (χ1n) is 5.92. The predicted octanol–water partition coefficient (Wildman–Crippen LogP) is -0.0111. The van der Waals surface area contributed by atoms with Crippen molar-refractivity contribution in [1.29, 1.82) is 0 Å². The lowest BCUT2D eigenvalue weighted by Crippen LogP contribution is -2.53. The predicted molar refractivity (Wildman–Crippen MR) is 73.1 cm³/mol. The number of hydrogen-bond acceptors (Lipinski definition) is 5. The summed E-state index contributed by atoms with van der Waals surface area (Å²) in [6.45, 7) is 2.43. The van der Waals surface area contributed by atoms with E-state index < -0.39 is 28.8 Å². The molecular weight excluding hydrogens is 268 g/mol. The van der Waals surface area contributed by atoms with Gasteiger partial charge in [0.25, 0.3) is 0 Å². The van der Waals surface area contributed by atoms with Crippen LogP contribution in [-0.2, 0) is 10.0 Å². The van der Waals surface area contributed by atoms with Crippen LogP contribution in [0.4, 0.5) is 5.69 Å². The highest BCUT2D eigenvalue weighted by Gasteiger charge is 2.32. The molecule has 1 aromatic carbocycles.